The summed E-state index contributed by atoms with van der Waals surface area (Å²) in [4.78, 5) is 0. The summed E-state index contributed by atoms with van der Waals surface area (Å²) < 4.78 is 0. The van der Waals surface area contributed by atoms with Gasteiger partial charge < -0.3 is 5.73 Å². The minimum atomic E-state index is 0.301. The average Bonchev–Trinajstić information content (AvgIpc) is 2.08. The van der Waals surface area contributed by atoms with E-state index in [1.165, 1.54) is 11.1 Å². The van der Waals surface area contributed by atoms with Crippen molar-refractivity contribution in [2.45, 2.75) is 25.6 Å². The fourth-order valence-corrected chi connectivity index (χ4v) is 1.96. The molecular formula is C11H17NS. The molecule has 0 saturated carbocycles. The van der Waals surface area contributed by atoms with Gasteiger partial charge in [-0.2, -0.15) is 11.8 Å². The Morgan fingerprint density at radius 2 is 1.92 bits per heavy atom. The molecule has 1 rings (SSSR count). The molecule has 1 nitrogen and oxygen atoms in total. The highest BCUT2D eigenvalue weighted by molar-refractivity contribution is 7.98. The van der Waals surface area contributed by atoms with E-state index < -0.39 is 0 Å². The molecule has 1 aromatic rings. The van der Waals surface area contributed by atoms with Crippen LogP contribution in [-0.4, -0.2) is 11.8 Å². The molecule has 13 heavy (non-hydrogen) atoms. The van der Waals surface area contributed by atoms with Crippen molar-refractivity contribution in [2.24, 2.45) is 5.73 Å². The molecule has 0 aliphatic rings. The van der Waals surface area contributed by atoms with Crippen molar-refractivity contribution in [1.82, 2.24) is 0 Å². The molecular weight excluding hydrogens is 178 g/mol. The van der Waals surface area contributed by atoms with E-state index in [0.717, 1.165) is 11.5 Å². The van der Waals surface area contributed by atoms with Gasteiger partial charge in [0.05, 0.1) is 0 Å². The van der Waals surface area contributed by atoms with Crippen molar-refractivity contribution in [3.05, 3.63) is 35.4 Å². The highest BCUT2D eigenvalue weighted by atomic mass is 32.2. The average molecular weight is 195 g/mol. The number of nitrogens with two attached hydrogens (primary N) is 1. The summed E-state index contributed by atoms with van der Waals surface area (Å²) in [6.45, 7) is 4.15. The second-order valence-corrected chi connectivity index (χ2v) is 4.51. The van der Waals surface area contributed by atoms with Crippen LogP contribution in [-0.2, 0) is 5.75 Å². The van der Waals surface area contributed by atoms with Gasteiger partial charge >= 0.3 is 0 Å². The zero-order chi connectivity index (χ0) is 9.68. The molecule has 2 heteroatoms. The van der Waals surface area contributed by atoms with Crippen molar-refractivity contribution in [1.29, 1.82) is 0 Å². The predicted octanol–water partition coefficient (Wildman–Crippen LogP) is 2.58. The molecule has 0 fully saturated rings. The van der Waals surface area contributed by atoms with Gasteiger partial charge in [0.1, 0.15) is 0 Å². The van der Waals surface area contributed by atoms with Crippen molar-refractivity contribution in [3.63, 3.8) is 0 Å². The van der Waals surface area contributed by atoms with Gasteiger partial charge in [0.2, 0.25) is 0 Å². The van der Waals surface area contributed by atoms with Crippen LogP contribution in [0.3, 0.4) is 0 Å². The van der Waals surface area contributed by atoms with Crippen LogP contribution in [0.2, 0.25) is 0 Å². The first-order chi connectivity index (χ1) is 6.18. The first-order valence-corrected chi connectivity index (χ1v) is 5.73. The third-order valence-corrected chi connectivity index (χ3v) is 3.07. The Kier molecular flexibility index (Phi) is 4.33. The smallest absolute Gasteiger partial charge is 0.0185 e. The van der Waals surface area contributed by atoms with Gasteiger partial charge in [-0.3, -0.25) is 0 Å². The first-order valence-electron chi connectivity index (χ1n) is 4.57. The van der Waals surface area contributed by atoms with Crippen LogP contribution in [0.5, 0.6) is 0 Å². The number of hydrogen-bond donors (Lipinski definition) is 1. The number of benzene rings is 1. The first kappa shape index (κ1) is 10.6. The van der Waals surface area contributed by atoms with Crippen LogP contribution in [0.25, 0.3) is 0 Å². The van der Waals surface area contributed by atoms with Crippen LogP contribution in [0, 0.1) is 6.92 Å². The Balaban J connectivity index is 2.33. The van der Waals surface area contributed by atoms with E-state index in [9.17, 15) is 0 Å². The minimum absolute atomic E-state index is 0.301. The van der Waals surface area contributed by atoms with Gasteiger partial charge in [0.25, 0.3) is 0 Å². The largest absolute Gasteiger partial charge is 0.327 e. The van der Waals surface area contributed by atoms with Crippen molar-refractivity contribution in [3.8, 4) is 0 Å². The van der Waals surface area contributed by atoms with Crippen molar-refractivity contribution < 1.29 is 0 Å². The van der Waals surface area contributed by atoms with Crippen LogP contribution >= 0.6 is 11.8 Å². The Labute approximate surface area is 84.7 Å². The van der Waals surface area contributed by atoms with Crippen LogP contribution in [0.1, 0.15) is 18.1 Å². The lowest BCUT2D eigenvalue weighted by Crippen LogP contribution is -2.17. The quantitative estimate of drug-likeness (QED) is 0.799. The molecule has 0 amide bonds. The summed E-state index contributed by atoms with van der Waals surface area (Å²) in [5, 5.41) is 0. The topological polar surface area (TPSA) is 26.0 Å². The fraction of sp³-hybridized carbons (Fsp3) is 0.455. The Morgan fingerprint density at radius 1 is 1.31 bits per heavy atom. The molecule has 2 N–H and O–H groups in total. The molecule has 0 bridgehead atoms. The molecule has 0 aliphatic carbocycles. The van der Waals surface area contributed by atoms with E-state index in [2.05, 4.69) is 31.2 Å². The Bertz CT molecular complexity index is 241. The third kappa shape index (κ3) is 4.34. The number of hydrogen-bond acceptors (Lipinski definition) is 2. The molecule has 1 unspecified atom stereocenters. The maximum atomic E-state index is 5.66. The van der Waals surface area contributed by atoms with Gasteiger partial charge in [-0.1, -0.05) is 29.8 Å². The van der Waals surface area contributed by atoms with Crippen LogP contribution in [0.15, 0.2) is 24.3 Å². The zero-order valence-electron chi connectivity index (χ0n) is 8.29. The lowest BCUT2D eigenvalue weighted by atomic mass is 10.2. The summed E-state index contributed by atoms with van der Waals surface area (Å²) in [6, 6.07) is 8.98. The van der Waals surface area contributed by atoms with E-state index >= 15 is 0 Å². The molecule has 0 heterocycles. The van der Waals surface area contributed by atoms with E-state index in [4.69, 9.17) is 5.73 Å². The maximum absolute atomic E-state index is 5.66. The third-order valence-electron chi connectivity index (χ3n) is 1.77. The van der Waals surface area contributed by atoms with Gasteiger partial charge in [0, 0.05) is 17.5 Å². The predicted molar refractivity (Wildman–Crippen MR) is 61.0 cm³/mol. The lowest BCUT2D eigenvalue weighted by Gasteiger charge is -2.04. The number of aryl methyl sites for hydroxylation is 1. The molecule has 1 atom stereocenters. The molecule has 72 valence electrons. The molecule has 1 aromatic carbocycles. The van der Waals surface area contributed by atoms with Crippen LogP contribution in [0.4, 0.5) is 0 Å². The molecule has 0 aromatic heterocycles. The van der Waals surface area contributed by atoms with E-state index in [1.54, 1.807) is 0 Å². The van der Waals surface area contributed by atoms with Gasteiger partial charge in [-0.05, 0) is 19.4 Å². The second-order valence-electron chi connectivity index (χ2n) is 3.48. The summed E-state index contributed by atoms with van der Waals surface area (Å²) in [5.41, 5.74) is 8.37. The number of thioether (sulfide) groups is 1. The zero-order valence-corrected chi connectivity index (χ0v) is 9.10. The normalized spacial score (nSPS) is 12.8. The minimum Gasteiger partial charge on any atom is -0.327 e. The van der Waals surface area contributed by atoms with Gasteiger partial charge in [-0.25, -0.2) is 0 Å². The highest BCUT2D eigenvalue weighted by Gasteiger charge is 1.96. The molecule has 0 spiro atoms. The fourth-order valence-electron chi connectivity index (χ4n) is 1.05. The summed E-state index contributed by atoms with van der Waals surface area (Å²) >= 11 is 1.90. The highest BCUT2D eigenvalue weighted by Crippen LogP contribution is 2.13. The Hall–Kier alpha value is -0.470. The molecule has 0 aliphatic heterocycles. The van der Waals surface area contributed by atoms with Gasteiger partial charge in [0.15, 0.2) is 0 Å². The van der Waals surface area contributed by atoms with Crippen molar-refractivity contribution in [2.75, 3.05) is 5.75 Å². The monoisotopic (exact) mass is 195 g/mol. The van der Waals surface area contributed by atoms with Crippen molar-refractivity contribution >= 4 is 11.8 Å². The van der Waals surface area contributed by atoms with E-state index in [0.29, 0.717) is 6.04 Å². The SMILES string of the molecule is Cc1ccc(CSCC(C)N)cc1. The van der Waals surface area contributed by atoms with Gasteiger partial charge in [-0.15, -0.1) is 0 Å². The van der Waals surface area contributed by atoms with E-state index in [-0.39, 0.29) is 0 Å². The molecule has 0 radical (unpaired) electrons. The standard InChI is InChI=1S/C11H17NS/c1-9-3-5-11(6-4-9)8-13-7-10(2)12/h3-6,10H,7-8,12H2,1-2H3. The van der Waals surface area contributed by atoms with E-state index in [1.807, 2.05) is 18.7 Å². The second kappa shape index (κ2) is 5.30. The maximum Gasteiger partial charge on any atom is 0.0185 e. The van der Waals surface area contributed by atoms with Crippen LogP contribution < -0.4 is 5.73 Å². The number of rotatable bonds is 4. The summed E-state index contributed by atoms with van der Waals surface area (Å²) in [5.74, 6) is 2.11. The Morgan fingerprint density at radius 3 is 2.46 bits per heavy atom. The summed E-state index contributed by atoms with van der Waals surface area (Å²) in [6.07, 6.45) is 0. The molecule has 0 saturated heterocycles. The lowest BCUT2D eigenvalue weighted by molar-refractivity contribution is 0.847. The summed E-state index contributed by atoms with van der Waals surface area (Å²) in [7, 11) is 0.